The first-order chi connectivity index (χ1) is 14.9. The summed E-state index contributed by atoms with van der Waals surface area (Å²) in [5.74, 6) is -1.82. The van der Waals surface area contributed by atoms with Gasteiger partial charge in [0.05, 0.1) is 24.4 Å². The Morgan fingerprint density at radius 2 is 2.13 bits per heavy atom. The molecule has 0 fully saturated rings. The van der Waals surface area contributed by atoms with Gasteiger partial charge in [0.1, 0.15) is 22.9 Å². The summed E-state index contributed by atoms with van der Waals surface area (Å²) in [5.41, 5.74) is 0.966. The van der Waals surface area contributed by atoms with Crippen molar-refractivity contribution in [3.8, 4) is 11.5 Å². The molecular formula is C21H20F2N6O2. The Kier molecular flexibility index (Phi) is 5.47. The summed E-state index contributed by atoms with van der Waals surface area (Å²) in [4.78, 5) is 28.0. The molecule has 1 atom stereocenters. The lowest BCUT2D eigenvalue weighted by Gasteiger charge is -2.16. The number of H-pyrrole nitrogens is 1. The first-order valence-electron chi connectivity index (χ1n) is 9.65. The van der Waals surface area contributed by atoms with Crippen molar-refractivity contribution in [2.75, 3.05) is 5.06 Å². The van der Waals surface area contributed by atoms with E-state index in [1.54, 1.807) is 12.4 Å². The number of anilines is 1. The fourth-order valence-electron chi connectivity index (χ4n) is 3.39. The molecule has 1 aliphatic carbocycles. The van der Waals surface area contributed by atoms with Crippen LogP contribution in [0.4, 0.5) is 14.5 Å². The molecule has 160 valence electrons. The second-order valence-corrected chi connectivity index (χ2v) is 7.36. The Hall–Kier alpha value is -3.66. The molecule has 0 saturated carbocycles. The third kappa shape index (κ3) is 3.89. The van der Waals surface area contributed by atoms with Gasteiger partial charge in [-0.2, -0.15) is 5.06 Å². The highest BCUT2D eigenvalue weighted by Gasteiger charge is 2.26. The normalized spacial score (nSPS) is 15.9. The lowest BCUT2D eigenvalue weighted by atomic mass is 9.95. The fraction of sp³-hybridized carbons (Fsp3) is 0.238. The van der Waals surface area contributed by atoms with E-state index < -0.39 is 11.7 Å². The monoisotopic (exact) mass is 426 g/mol. The topological polar surface area (TPSA) is 99.9 Å². The molecule has 3 aromatic heterocycles. The Labute approximate surface area is 176 Å². The lowest BCUT2D eigenvalue weighted by Crippen LogP contribution is -2.28. The van der Waals surface area contributed by atoms with Crippen molar-refractivity contribution < 1.29 is 18.8 Å². The summed E-state index contributed by atoms with van der Waals surface area (Å²) < 4.78 is 29.2. The van der Waals surface area contributed by atoms with Gasteiger partial charge in [0.2, 0.25) is 0 Å². The molecule has 0 bridgehead atoms. The maximum Gasteiger partial charge on any atom is 0.300 e. The molecule has 3 heterocycles. The van der Waals surface area contributed by atoms with Gasteiger partial charge in [-0.1, -0.05) is 6.08 Å². The van der Waals surface area contributed by atoms with Crippen LogP contribution < -0.4 is 5.06 Å². The molecule has 0 spiro atoms. The van der Waals surface area contributed by atoms with E-state index in [0.717, 1.165) is 6.20 Å². The van der Waals surface area contributed by atoms with E-state index in [0.29, 0.717) is 23.6 Å². The van der Waals surface area contributed by atoms with Crippen LogP contribution in [0.3, 0.4) is 0 Å². The van der Waals surface area contributed by atoms with Crippen LogP contribution in [0, 0.1) is 5.82 Å². The van der Waals surface area contributed by atoms with E-state index in [-0.39, 0.29) is 34.2 Å². The maximum atomic E-state index is 13.9. The van der Waals surface area contributed by atoms with Gasteiger partial charge in [-0.05, 0) is 38.5 Å². The summed E-state index contributed by atoms with van der Waals surface area (Å²) in [6, 6.07) is 1.22. The summed E-state index contributed by atoms with van der Waals surface area (Å²) >= 11 is 0. The first kappa shape index (κ1) is 20.6. The number of amides is 1. The lowest BCUT2D eigenvalue weighted by molar-refractivity contribution is 0.0847. The van der Waals surface area contributed by atoms with E-state index in [9.17, 15) is 18.8 Å². The number of pyridine rings is 1. The number of aromatic amines is 1. The van der Waals surface area contributed by atoms with Gasteiger partial charge in [-0.15, -0.1) is 0 Å². The number of imidazole rings is 2. The number of allylic oxidation sites excluding steroid dienone is 4. The second-order valence-electron chi connectivity index (χ2n) is 7.36. The van der Waals surface area contributed by atoms with E-state index in [4.69, 9.17) is 0 Å². The van der Waals surface area contributed by atoms with Gasteiger partial charge < -0.3 is 9.55 Å². The number of nitrogens with one attached hydrogen (secondary N) is 1. The molecule has 1 amide bonds. The van der Waals surface area contributed by atoms with Crippen LogP contribution in [0.25, 0.3) is 11.5 Å². The van der Waals surface area contributed by atoms with Gasteiger partial charge >= 0.3 is 0 Å². The van der Waals surface area contributed by atoms with Gasteiger partial charge in [0.15, 0.2) is 11.6 Å². The Morgan fingerprint density at radius 3 is 2.81 bits per heavy atom. The highest BCUT2D eigenvalue weighted by Crippen LogP contribution is 2.34. The summed E-state index contributed by atoms with van der Waals surface area (Å²) in [5, 5.41) is 10.4. The molecule has 10 heteroatoms. The Morgan fingerprint density at radius 1 is 1.32 bits per heavy atom. The summed E-state index contributed by atoms with van der Waals surface area (Å²) in [7, 11) is 0. The Bertz CT molecular complexity index is 1180. The van der Waals surface area contributed by atoms with Crippen LogP contribution in [-0.2, 0) is 0 Å². The molecule has 4 rings (SSSR count). The van der Waals surface area contributed by atoms with Gasteiger partial charge in [-0.25, -0.2) is 18.7 Å². The van der Waals surface area contributed by atoms with Crippen LogP contribution in [-0.4, -0.2) is 35.6 Å². The molecule has 0 aromatic carbocycles. The number of hydrogen-bond acceptors (Lipinski definition) is 5. The zero-order valence-electron chi connectivity index (χ0n) is 16.8. The van der Waals surface area contributed by atoms with Gasteiger partial charge in [-0.3, -0.25) is 15.0 Å². The first-order valence-corrected chi connectivity index (χ1v) is 9.65. The van der Waals surface area contributed by atoms with E-state index in [1.807, 2.05) is 18.4 Å². The summed E-state index contributed by atoms with van der Waals surface area (Å²) in [6.45, 7) is 3.95. The molecule has 8 nitrogen and oxygen atoms in total. The molecule has 0 radical (unpaired) electrons. The van der Waals surface area contributed by atoms with Crippen LogP contribution >= 0.6 is 0 Å². The van der Waals surface area contributed by atoms with Crippen LogP contribution in [0.2, 0.25) is 0 Å². The molecule has 3 aromatic rings. The minimum atomic E-state index is -0.886. The van der Waals surface area contributed by atoms with Crippen molar-refractivity contribution in [1.82, 2.24) is 24.5 Å². The number of carbonyl (C=O) groups excluding carboxylic acids is 1. The number of hydrogen-bond donors (Lipinski definition) is 2. The van der Waals surface area contributed by atoms with E-state index in [1.165, 1.54) is 30.6 Å². The van der Waals surface area contributed by atoms with Crippen molar-refractivity contribution in [2.24, 2.45) is 0 Å². The number of hydroxylamine groups is 1. The highest BCUT2D eigenvalue weighted by atomic mass is 19.1. The molecule has 0 saturated heterocycles. The maximum absolute atomic E-state index is 13.9. The molecule has 1 aliphatic rings. The average molecular weight is 426 g/mol. The number of aromatic nitrogens is 5. The number of carbonyl (C=O) groups is 1. The Balaban J connectivity index is 1.69. The second kappa shape index (κ2) is 8.23. The molecule has 2 N–H and O–H groups in total. The zero-order chi connectivity index (χ0) is 22.1. The quantitative estimate of drug-likeness (QED) is 0.468. The minimum Gasteiger partial charge on any atom is -0.333 e. The zero-order valence-corrected chi connectivity index (χ0v) is 16.8. The van der Waals surface area contributed by atoms with Crippen molar-refractivity contribution in [3.05, 3.63) is 72.2 Å². The number of nitrogens with zero attached hydrogens (tertiary/aromatic N) is 5. The van der Waals surface area contributed by atoms with Crippen molar-refractivity contribution in [2.45, 2.75) is 32.2 Å². The van der Waals surface area contributed by atoms with E-state index in [2.05, 4.69) is 19.9 Å². The third-order valence-corrected chi connectivity index (χ3v) is 4.99. The van der Waals surface area contributed by atoms with Crippen molar-refractivity contribution >= 4 is 11.6 Å². The standard InChI is InChI=1S/C21H20F2N6O2/c1-12(2)28-11-26-18(13-3-5-14(22)6-4-13)19(28)20-25-10-16(27-20)21(30)29(31)17-7-8-24-9-15(17)23/h3,5-13,31H,4H2,1-2H3,(H,25,27). The third-order valence-electron chi connectivity index (χ3n) is 4.99. The largest absolute Gasteiger partial charge is 0.333 e. The average Bonchev–Trinajstić information content (AvgIpc) is 3.41. The van der Waals surface area contributed by atoms with Crippen LogP contribution in [0.15, 0.2) is 55.0 Å². The predicted octanol–water partition coefficient (Wildman–Crippen LogP) is 4.32. The smallest absolute Gasteiger partial charge is 0.300 e. The van der Waals surface area contributed by atoms with Gasteiger partial charge in [0, 0.05) is 18.2 Å². The van der Waals surface area contributed by atoms with Crippen LogP contribution in [0.1, 0.15) is 48.4 Å². The molecule has 31 heavy (non-hydrogen) atoms. The molecule has 0 aliphatic heterocycles. The van der Waals surface area contributed by atoms with Crippen molar-refractivity contribution in [3.63, 3.8) is 0 Å². The minimum absolute atomic E-state index is 0.0405. The van der Waals surface area contributed by atoms with E-state index >= 15 is 0 Å². The highest BCUT2D eigenvalue weighted by molar-refractivity contribution is 6.03. The van der Waals surface area contributed by atoms with Crippen LogP contribution in [0.5, 0.6) is 0 Å². The molecule has 1 unspecified atom stereocenters. The summed E-state index contributed by atoms with van der Waals surface area (Å²) in [6.07, 6.45) is 10.2. The SMILES string of the molecule is CC(C)n1cnc(C2C=CC(F)=CC2)c1-c1ncc(C(=O)N(O)c2ccncc2F)[nH]1. The van der Waals surface area contributed by atoms with Crippen molar-refractivity contribution in [1.29, 1.82) is 0 Å². The predicted molar refractivity (Wildman–Crippen MR) is 109 cm³/mol. The van der Waals surface area contributed by atoms with Gasteiger partial charge in [0.25, 0.3) is 5.91 Å². The number of halogens is 2. The molecular weight excluding hydrogens is 406 g/mol. The fourth-order valence-corrected chi connectivity index (χ4v) is 3.39. The number of rotatable bonds is 5.